The standard InChI is InChI=1S/C32H33N5O4S2/c1-37-27-18-25(41-24-13-9-22(10-14-24)34-31(42)33-21-5-3-2-4-6-21)15-16-26(27)35-29(37)19-40-23-11-7-20(8-12-23)17-28-30(38)36-32(39)43-28/h7-16,18,21,38H,2-6,17,19H2,1H3,(H,36,39)(H2,33,34,42). The van der Waals surface area contributed by atoms with Crippen LogP contribution in [0.5, 0.6) is 23.1 Å². The second kappa shape index (κ2) is 12.9. The van der Waals surface area contributed by atoms with E-state index in [1.807, 2.05) is 78.3 Å². The van der Waals surface area contributed by atoms with E-state index in [2.05, 4.69) is 15.6 Å². The molecule has 3 aromatic carbocycles. The van der Waals surface area contributed by atoms with Crippen molar-refractivity contribution >= 4 is 45.4 Å². The molecule has 2 heterocycles. The number of aryl methyl sites for hydroxylation is 1. The zero-order valence-corrected chi connectivity index (χ0v) is 25.4. The lowest BCUT2D eigenvalue weighted by Gasteiger charge is -2.24. The summed E-state index contributed by atoms with van der Waals surface area (Å²) in [4.78, 5) is 18.9. The minimum absolute atomic E-state index is 0.0703. The fraction of sp³-hybridized carbons (Fsp3) is 0.281. The number of anilines is 1. The van der Waals surface area contributed by atoms with Crippen LogP contribution >= 0.6 is 23.6 Å². The normalized spacial score (nSPS) is 13.6. The van der Waals surface area contributed by atoms with E-state index in [-0.39, 0.29) is 10.8 Å². The molecule has 1 aliphatic rings. The lowest BCUT2D eigenvalue weighted by Crippen LogP contribution is -2.38. The monoisotopic (exact) mass is 615 g/mol. The Hall–Kier alpha value is -4.35. The molecule has 0 bridgehead atoms. The molecular formula is C32H33N5O4S2. The van der Waals surface area contributed by atoms with Crippen LogP contribution in [0.25, 0.3) is 11.0 Å². The molecule has 2 aromatic heterocycles. The van der Waals surface area contributed by atoms with E-state index >= 15 is 0 Å². The summed E-state index contributed by atoms with van der Waals surface area (Å²) in [5.41, 5.74) is 3.68. The summed E-state index contributed by atoms with van der Waals surface area (Å²) >= 11 is 6.52. The number of hydrogen-bond acceptors (Lipinski definition) is 7. The van der Waals surface area contributed by atoms with Crippen LogP contribution in [0.1, 0.15) is 48.4 Å². The number of aromatic nitrogens is 3. The molecule has 6 rings (SSSR count). The average molecular weight is 616 g/mol. The van der Waals surface area contributed by atoms with Gasteiger partial charge in [0.1, 0.15) is 29.7 Å². The van der Waals surface area contributed by atoms with Crippen LogP contribution in [0.15, 0.2) is 71.5 Å². The van der Waals surface area contributed by atoms with Crippen molar-refractivity contribution in [1.29, 1.82) is 0 Å². The number of rotatable bonds is 9. The van der Waals surface area contributed by atoms with Crippen LogP contribution in [0, 0.1) is 0 Å². The Morgan fingerprint density at radius 1 is 1.05 bits per heavy atom. The molecule has 1 saturated carbocycles. The van der Waals surface area contributed by atoms with Crippen molar-refractivity contribution in [3.63, 3.8) is 0 Å². The second-order valence-electron chi connectivity index (χ2n) is 10.7. The van der Waals surface area contributed by atoms with Gasteiger partial charge < -0.3 is 29.8 Å². The number of aromatic hydroxyl groups is 1. The molecule has 1 fully saturated rings. The number of thiazole rings is 1. The molecule has 0 spiro atoms. The summed E-state index contributed by atoms with van der Waals surface area (Å²) in [6.07, 6.45) is 6.66. The number of ether oxygens (including phenoxy) is 2. The van der Waals surface area contributed by atoms with E-state index in [0.717, 1.165) is 45.2 Å². The zero-order valence-electron chi connectivity index (χ0n) is 23.8. The highest BCUT2D eigenvalue weighted by Gasteiger charge is 2.14. The van der Waals surface area contributed by atoms with Crippen LogP contribution in [0.2, 0.25) is 0 Å². The van der Waals surface area contributed by atoms with Gasteiger partial charge in [0.15, 0.2) is 5.11 Å². The first kappa shape index (κ1) is 28.8. The summed E-state index contributed by atoms with van der Waals surface area (Å²) in [7, 11) is 1.96. The molecule has 0 amide bonds. The van der Waals surface area contributed by atoms with Gasteiger partial charge in [-0.2, -0.15) is 0 Å². The molecule has 11 heteroatoms. The number of aromatic amines is 1. The molecule has 0 unspecified atom stereocenters. The summed E-state index contributed by atoms with van der Waals surface area (Å²) in [5, 5.41) is 17.2. The number of imidazole rings is 1. The predicted molar refractivity (Wildman–Crippen MR) is 174 cm³/mol. The molecule has 1 aliphatic carbocycles. The van der Waals surface area contributed by atoms with Crippen molar-refractivity contribution in [3.8, 4) is 23.1 Å². The van der Waals surface area contributed by atoms with Crippen molar-refractivity contribution in [2.75, 3.05) is 5.32 Å². The van der Waals surface area contributed by atoms with Gasteiger partial charge in [-0.3, -0.25) is 9.78 Å². The summed E-state index contributed by atoms with van der Waals surface area (Å²) in [5.74, 6) is 2.86. The Labute approximate surface area is 258 Å². The minimum atomic E-state index is -0.265. The number of fused-ring (bicyclic) bond motifs is 1. The number of H-pyrrole nitrogens is 1. The van der Waals surface area contributed by atoms with Crippen molar-refractivity contribution in [2.24, 2.45) is 7.05 Å². The van der Waals surface area contributed by atoms with Crippen LogP contribution in [0.3, 0.4) is 0 Å². The maximum Gasteiger partial charge on any atom is 0.307 e. The largest absolute Gasteiger partial charge is 0.494 e. The zero-order chi connectivity index (χ0) is 29.8. The summed E-state index contributed by atoms with van der Waals surface area (Å²) in [6, 6.07) is 21.6. The van der Waals surface area contributed by atoms with Gasteiger partial charge in [0.2, 0.25) is 5.88 Å². The lowest BCUT2D eigenvalue weighted by molar-refractivity contribution is 0.292. The number of nitrogens with one attached hydrogen (secondary N) is 3. The molecule has 0 radical (unpaired) electrons. The molecule has 0 saturated heterocycles. The molecule has 4 N–H and O–H groups in total. The Morgan fingerprint density at radius 3 is 2.49 bits per heavy atom. The number of thiocarbonyl (C=S) groups is 1. The van der Waals surface area contributed by atoms with Crippen molar-refractivity contribution < 1.29 is 14.6 Å². The molecular weight excluding hydrogens is 583 g/mol. The Kier molecular flexibility index (Phi) is 8.62. The average Bonchev–Trinajstić information content (AvgIpc) is 3.50. The highest BCUT2D eigenvalue weighted by atomic mass is 32.1. The lowest BCUT2D eigenvalue weighted by atomic mass is 9.96. The van der Waals surface area contributed by atoms with E-state index < -0.39 is 0 Å². The predicted octanol–water partition coefficient (Wildman–Crippen LogP) is 6.61. The topological polar surface area (TPSA) is 113 Å². The van der Waals surface area contributed by atoms with Crippen LogP contribution in [0.4, 0.5) is 5.69 Å². The molecule has 9 nitrogen and oxygen atoms in total. The van der Waals surface area contributed by atoms with Crippen LogP contribution in [-0.2, 0) is 20.1 Å². The van der Waals surface area contributed by atoms with E-state index in [4.69, 9.17) is 26.7 Å². The Balaban J connectivity index is 1.04. The smallest absolute Gasteiger partial charge is 0.307 e. The quantitative estimate of drug-likeness (QED) is 0.137. The second-order valence-corrected chi connectivity index (χ2v) is 12.2. The Morgan fingerprint density at radius 2 is 1.77 bits per heavy atom. The SMILES string of the molecule is Cn1c(COc2ccc(Cc3sc(=O)[nH]c3O)cc2)nc2ccc(Oc3ccc(NC(=S)NC4CCCCC4)cc3)cc21. The fourth-order valence-corrected chi connectivity index (χ4v) is 6.31. The van der Waals surface area contributed by atoms with Gasteiger partial charge in [-0.25, -0.2) is 4.98 Å². The maximum atomic E-state index is 11.4. The van der Waals surface area contributed by atoms with Gasteiger partial charge in [0.05, 0.1) is 15.9 Å². The van der Waals surface area contributed by atoms with Gasteiger partial charge >= 0.3 is 4.87 Å². The van der Waals surface area contributed by atoms with E-state index in [1.165, 1.54) is 32.1 Å². The molecule has 222 valence electrons. The first-order chi connectivity index (χ1) is 20.9. The number of benzene rings is 3. The van der Waals surface area contributed by atoms with Crippen molar-refractivity contribution in [1.82, 2.24) is 19.9 Å². The first-order valence-electron chi connectivity index (χ1n) is 14.3. The van der Waals surface area contributed by atoms with Crippen LogP contribution < -0.4 is 25.0 Å². The molecule has 0 aliphatic heterocycles. The summed E-state index contributed by atoms with van der Waals surface area (Å²) < 4.78 is 14.1. The molecule has 0 atom stereocenters. The summed E-state index contributed by atoms with van der Waals surface area (Å²) in [6.45, 7) is 0.298. The third kappa shape index (κ3) is 7.18. The van der Waals surface area contributed by atoms with Gasteiger partial charge in [-0.1, -0.05) is 42.7 Å². The van der Waals surface area contributed by atoms with Gasteiger partial charge in [0.25, 0.3) is 0 Å². The van der Waals surface area contributed by atoms with Gasteiger partial charge in [-0.05, 0) is 79.2 Å². The highest BCUT2D eigenvalue weighted by molar-refractivity contribution is 7.80. The first-order valence-corrected chi connectivity index (χ1v) is 15.6. The number of nitrogens with zero attached hydrogens (tertiary/aromatic N) is 2. The molecule has 43 heavy (non-hydrogen) atoms. The van der Waals surface area contributed by atoms with Gasteiger partial charge in [0, 0.05) is 31.3 Å². The van der Waals surface area contributed by atoms with Crippen molar-refractivity contribution in [3.05, 3.63) is 92.7 Å². The van der Waals surface area contributed by atoms with Gasteiger partial charge in [-0.15, -0.1) is 0 Å². The van der Waals surface area contributed by atoms with Crippen LogP contribution in [-0.4, -0.2) is 30.8 Å². The fourth-order valence-electron chi connectivity index (χ4n) is 5.26. The van der Waals surface area contributed by atoms with E-state index in [1.54, 1.807) is 0 Å². The third-order valence-corrected chi connectivity index (χ3v) is 8.68. The van der Waals surface area contributed by atoms with E-state index in [0.29, 0.717) is 40.6 Å². The van der Waals surface area contributed by atoms with E-state index in [9.17, 15) is 9.90 Å². The third-order valence-electron chi connectivity index (χ3n) is 7.59. The maximum absolute atomic E-state index is 11.4. The molecule has 5 aromatic rings. The Bertz CT molecular complexity index is 1770. The van der Waals surface area contributed by atoms with Crippen molar-refractivity contribution in [2.45, 2.75) is 51.2 Å². The highest BCUT2D eigenvalue weighted by Crippen LogP contribution is 2.28. The number of hydrogen-bond donors (Lipinski definition) is 4. The minimum Gasteiger partial charge on any atom is -0.494 e.